The van der Waals surface area contributed by atoms with Crippen LogP contribution in [0.3, 0.4) is 0 Å². The van der Waals surface area contributed by atoms with Gasteiger partial charge in [-0.1, -0.05) is 23.2 Å². The molecule has 0 aromatic heterocycles. The number of carbonyl (C=O) groups is 2. The molecule has 1 aromatic rings. The minimum atomic E-state index is -2.10. The van der Waals surface area contributed by atoms with Gasteiger partial charge in [-0.25, -0.2) is 0 Å². The van der Waals surface area contributed by atoms with E-state index < -0.39 is 22.8 Å². The number of ether oxygens (including phenoxy) is 1. The Hall–Kier alpha value is -2.38. The molecule has 1 atom stereocenters. The van der Waals surface area contributed by atoms with E-state index in [1.807, 2.05) is 0 Å². The first kappa shape index (κ1) is 20.9. The maximum atomic E-state index is 13.1. The molecular weight excluding hydrogens is 391 g/mol. The Labute approximate surface area is 166 Å². The molecule has 1 unspecified atom stereocenters. The average Bonchev–Trinajstić information content (AvgIpc) is 2.81. The number of hydrogen-bond donors (Lipinski definition) is 1. The molecule has 1 aromatic carbocycles. The number of nitriles is 2. The zero-order valence-electron chi connectivity index (χ0n) is 14.7. The van der Waals surface area contributed by atoms with Crippen molar-refractivity contribution in [1.82, 2.24) is 0 Å². The number of esters is 1. The molecule has 140 valence electrons. The first-order valence-corrected chi connectivity index (χ1v) is 8.82. The molecule has 0 radical (unpaired) electrons. The fourth-order valence-electron chi connectivity index (χ4n) is 3.19. The van der Waals surface area contributed by atoms with Crippen LogP contribution in [0.2, 0.25) is 10.0 Å². The zero-order chi connectivity index (χ0) is 20.4. The van der Waals surface area contributed by atoms with Crippen LogP contribution >= 0.6 is 23.2 Å². The summed E-state index contributed by atoms with van der Waals surface area (Å²) >= 11 is 12.0. The Kier molecular flexibility index (Phi) is 5.97. The fraction of sp³-hybridized carbons (Fsp3) is 0.368. The lowest BCUT2D eigenvalue weighted by Gasteiger charge is -2.30. The highest BCUT2D eigenvalue weighted by Crippen LogP contribution is 2.51. The van der Waals surface area contributed by atoms with Crippen LogP contribution in [0.15, 0.2) is 29.3 Å². The van der Waals surface area contributed by atoms with Crippen molar-refractivity contribution in [2.75, 3.05) is 6.61 Å². The van der Waals surface area contributed by atoms with Gasteiger partial charge in [0, 0.05) is 22.6 Å². The molecule has 8 heteroatoms. The van der Waals surface area contributed by atoms with Crippen LogP contribution in [0.4, 0.5) is 0 Å². The molecule has 1 aliphatic rings. The number of carbonyl (C=O) groups excluding carboxylic acids is 2. The van der Waals surface area contributed by atoms with Crippen molar-refractivity contribution >= 4 is 35.0 Å². The minimum Gasteiger partial charge on any atom is -0.466 e. The fourth-order valence-corrected chi connectivity index (χ4v) is 3.68. The van der Waals surface area contributed by atoms with Crippen LogP contribution < -0.4 is 0 Å². The highest BCUT2D eigenvalue weighted by Gasteiger charge is 2.59. The number of ketones is 1. The summed E-state index contributed by atoms with van der Waals surface area (Å²) in [4.78, 5) is 25.1. The first-order valence-electron chi connectivity index (χ1n) is 8.06. The van der Waals surface area contributed by atoms with Crippen molar-refractivity contribution in [3.05, 3.63) is 45.0 Å². The minimum absolute atomic E-state index is 0.0457. The molecule has 2 rings (SSSR count). The molecule has 1 N–H and O–H groups in total. The smallest absolute Gasteiger partial charge is 0.309 e. The highest BCUT2D eigenvalue weighted by molar-refractivity contribution is 6.37. The van der Waals surface area contributed by atoms with Crippen LogP contribution in [0.5, 0.6) is 0 Å². The quantitative estimate of drug-likeness (QED) is 0.590. The summed E-state index contributed by atoms with van der Waals surface area (Å²) in [7, 11) is 0. The normalized spacial score (nSPS) is 20.7. The van der Waals surface area contributed by atoms with Gasteiger partial charge in [0.15, 0.2) is 11.2 Å². The van der Waals surface area contributed by atoms with Gasteiger partial charge in [-0.05, 0) is 37.6 Å². The maximum Gasteiger partial charge on any atom is 0.309 e. The average molecular weight is 407 g/mol. The van der Waals surface area contributed by atoms with Crippen LogP contribution in [-0.2, 0) is 9.53 Å². The Bertz CT molecular complexity index is 909. The molecule has 0 bridgehead atoms. The Balaban J connectivity index is 2.63. The monoisotopic (exact) mass is 406 g/mol. The van der Waals surface area contributed by atoms with Crippen molar-refractivity contribution in [3.8, 4) is 12.1 Å². The number of nitrogens with zero attached hydrogens (tertiary/aromatic N) is 2. The zero-order valence-corrected chi connectivity index (χ0v) is 16.2. The van der Waals surface area contributed by atoms with Gasteiger partial charge in [0.2, 0.25) is 0 Å². The highest BCUT2D eigenvalue weighted by atomic mass is 35.5. The van der Waals surface area contributed by atoms with E-state index in [2.05, 4.69) is 0 Å². The molecule has 27 heavy (non-hydrogen) atoms. The molecule has 0 fully saturated rings. The third kappa shape index (κ3) is 3.57. The van der Waals surface area contributed by atoms with Gasteiger partial charge in [-0.3, -0.25) is 9.59 Å². The van der Waals surface area contributed by atoms with Crippen molar-refractivity contribution < 1.29 is 19.4 Å². The van der Waals surface area contributed by atoms with E-state index >= 15 is 0 Å². The summed E-state index contributed by atoms with van der Waals surface area (Å²) in [5.74, 6) is -1.30. The SMILES string of the molecule is CCOC(=O)CC1=C(C(=O)c2ccc(Cl)cc2Cl)C(C)(O)C(C#N)(C#N)C1. The van der Waals surface area contributed by atoms with Gasteiger partial charge in [0.25, 0.3) is 0 Å². The van der Waals surface area contributed by atoms with E-state index in [-0.39, 0.29) is 41.2 Å². The molecular formula is C19H16Cl2N2O4. The van der Waals surface area contributed by atoms with Crippen LogP contribution in [-0.4, -0.2) is 29.1 Å². The number of halogens is 2. The first-order chi connectivity index (χ1) is 12.6. The molecule has 0 saturated carbocycles. The summed E-state index contributed by atoms with van der Waals surface area (Å²) in [6.07, 6.45) is -0.570. The number of benzene rings is 1. The molecule has 0 spiro atoms. The number of Topliss-reactive ketones (excluding diaryl/α,β-unsaturated/α-hetero) is 1. The number of hydrogen-bond acceptors (Lipinski definition) is 6. The predicted molar refractivity (Wildman–Crippen MR) is 98.0 cm³/mol. The predicted octanol–water partition coefficient (Wildman–Crippen LogP) is 3.61. The van der Waals surface area contributed by atoms with E-state index in [4.69, 9.17) is 27.9 Å². The van der Waals surface area contributed by atoms with Crippen LogP contribution in [0, 0.1) is 28.1 Å². The largest absolute Gasteiger partial charge is 0.466 e. The van der Waals surface area contributed by atoms with Crippen molar-refractivity contribution in [3.63, 3.8) is 0 Å². The van der Waals surface area contributed by atoms with Gasteiger partial charge < -0.3 is 9.84 Å². The molecule has 0 saturated heterocycles. The second-order valence-electron chi connectivity index (χ2n) is 6.29. The van der Waals surface area contributed by atoms with E-state index in [1.54, 1.807) is 19.1 Å². The van der Waals surface area contributed by atoms with Crippen molar-refractivity contribution in [2.45, 2.75) is 32.3 Å². The van der Waals surface area contributed by atoms with E-state index in [0.717, 1.165) is 0 Å². The topological polar surface area (TPSA) is 111 Å². The molecule has 0 aliphatic heterocycles. The lowest BCUT2D eigenvalue weighted by molar-refractivity contribution is -0.142. The Morgan fingerprint density at radius 1 is 1.30 bits per heavy atom. The third-order valence-electron chi connectivity index (χ3n) is 4.60. The van der Waals surface area contributed by atoms with Gasteiger partial charge >= 0.3 is 5.97 Å². The standard InChI is InChI=1S/C19H16Cl2N2O4/c1-3-27-15(24)6-11-8-19(9-22,10-23)18(2,26)16(11)17(25)13-5-4-12(20)7-14(13)21/h4-5,7,26H,3,6,8H2,1-2H3. The molecule has 0 amide bonds. The summed E-state index contributed by atoms with van der Waals surface area (Å²) in [6.45, 7) is 2.98. The van der Waals surface area contributed by atoms with Crippen molar-refractivity contribution in [2.24, 2.45) is 5.41 Å². The van der Waals surface area contributed by atoms with Gasteiger partial charge in [-0.2, -0.15) is 10.5 Å². The van der Waals surface area contributed by atoms with Gasteiger partial charge in [0.1, 0.15) is 5.60 Å². The summed E-state index contributed by atoms with van der Waals surface area (Å²) in [6, 6.07) is 7.81. The second kappa shape index (κ2) is 7.70. The lowest BCUT2D eigenvalue weighted by atomic mass is 9.73. The summed E-state index contributed by atoms with van der Waals surface area (Å²) in [5.41, 5.74) is -3.97. The third-order valence-corrected chi connectivity index (χ3v) is 5.15. The Morgan fingerprint density at radius 2 is 1.93 bits per heavy atom. The van der Waals surface area contributed by atoms with E-state index in [0.29, 0.717) is 5.02 Å². The number of aliphatic hydroxyl groups is 1. The lowest BCUT2D eigenvalue weighted by Crippen LogP contribution is -2.43. The summed E-state index contributed by atoms with van der Waals surface area (Å²) < 4.78 is 4.91. The summed E-state index contributed by atoms with van der Waals surface area (Å²) in [5, 5.41) is 30.5. The molecule has 6 nitrogen and oxygen atoms in total. The molecule has 0 heterocycles. The Morgan fingerprint density at radius 3 is 2.44 bits per heavy atom. The van der Waals surface area contributed by atoms with Gasteiger partial charge in [0.05, 0.1) is 30.2 Å². The number of rotatable bonds is 5. The van der Waals surface area contributed by atoms with E-state index in [9.17, 15) is 25.2 Å². The second-order valence-corrected chi connectivity index (χ2v) is 7.14. The van der Waals surface area contributed by atoms with E-state index in [1.165, 1.54) is 25.1 Å². The van der Waals surface area contributed by atoms with Crippen LogP contribution in [0.1, 0.15) is 37.0 Å². The van der Waals surface area contributed by atoms with Gasteiger partial charge in [-0.15, -0.1) is 0 Å². The van der Waals surface area contributed by atoms with Crippen LogP contribution in [0.25, 0.3) is 0 Å². The van der Waals surface area contributed by atoms with Crippen molar-refractivity contribution in [1.29, 1.82) is 10.5 Å². The molecule has 1 aliphatic carbocycles. The maximum absolute atomic E-state index is 13.1.